The summed E-state index contributed by atoms with van der Waals surface area (Å²) >= 11 is 6.31. The number of rotatable bonds is 5. The maximum atomic E-state index is 6.31. The van der Waals surface area contributed by atoms with E-state index in [1.54, 1.807) is 0 Å². The topological polar surface area (TPSA) is 21.3 Å². The molecule has 2 rings (SSSR count). The molecule has 1 aliphatic rings. The molecule has 1 atom stereocenters. The van der Waals surface area contributed by atoms with Gasteiger partial charge in [0.2, 0.25) is 0 Å². The molecule has 0 radical (unpaired) electrons. The van der Waals surface area contributed by atoms with E-state index in [0.29, 0.717) is 11.8 Å². The van der Waals surface area contributed by atoms with E-state index in [1.165, 1.54) is 18.4 Å². The van der Waals surface area contributed by atoms with E-state index in [0.717, 1.165) is 36.9 Å². The Hall–Kier alpha value is -0.730. The number of halogens is 1. The van der Waals surface area contributed by atoms with E-state index >= 15 is 0 Å². The molecule has 1 aliphatic heterocycles. The average molecular weight is 282 g/mol. The van der Waals surface area contributed by atoms with Crippen molar-refractivity contribution in [2.24, 2.45) is 5.92 Å². The molecule has 0 saturated carbocycles. The van der Waals surface area contributed by atoms with Crippen molar-refractivity contribution in [2.75, 3.05) is 19.7 Å². The monoisotopic (exact) mass is 281 g/mol. The van der Waals surface area contributed by atoms with Gasteiger partial charge >= 0.3 is 0 Å². The molecule has 1 fully saturated rings. The number of benzene rings is 1. The molecule has 0 aliphatic carbocycles. The van der Waals surface area contributed by atoms with E-state index in [9.17, 15) is 0 Å². The van der Waals surface area contributed by atoms with Crippen LogP contribution in [0.15, 0.2) is 18.2 Å². The minimum absolute atomic E-state index is 0.552. The molecule has 1 aromatic rings. The van der Waals surface area contributed by atoms with Gasteiger partial charge in [0.05, 0.1) is 11.6 Å². The molecule has 0 amide bonds. The van der Waals surface area contributed by atoms with E-state index in [4.69, 9.17) is 16.3 Å². The molecule has 0 aromatic heterocycles. The summed E-state index contributed by atoms with van der Waals surface area (Å²) < 4.78 is 5.88. The van der Waals surface area contributed by atoms with Gasteiger partial charge in [0.1, 0.15) is 5.75 Å². The third-order valence-corrected chi connectivity index (χ3v) is 4.37. The lowest BCUT2D eigenvalue weighted by atomic mass is 9.98. The molecular weight excluding hydrogens is 258 g/mol. The fraction of sp³-hybridized carbons (Fsp3) is 0.625. The number of nitrogens with one attached hydrogen (secondary N) is 1. The average Bonchev–Trinajstić information content (AvgIpc) is 2.46. The number of hydrogen-bond donors (Lipinski definition) is 1. The summed E-state index contributed by atoms with van der Waals surface area (Å²) in [5, 5.41) is 4.11. The van der Waals surface area contributed by atoms with Gasteiger partial charge in [-0.15, -0.1) is 0 Å². The van der Waals surface area contributed by atoms with Gasteiger partial charge in [-0.05, 0) is 61.9 Å². The van der Waals surface area contributed by atoms with Crippen molar-refractivity contribution < 1.29 is 4.74 Å². The summed E-state index contributed by atoms with van der Waals surface area (Å²) in [7, 11) is 0. The van der Waals surface area contributed by atoms with Crippen molar-refractivity contribution in [3.63, 3.8) is 0 Å². The summed E-state index contributed by atoms with van der Waals surface area (Å²) in [5.41, 5.74) is 1.29. The zero-order valence-electron chi connectivity index (χ0n) is 11.9. The van der Waals surface area contributed by atoms with Crippen LogP contribution >= 0.6 is 11.6 Å². The van der Waals surface area contributed by atoms with E-state index in [1.807, 2.05) is 12.1 Å². The van der Waals surface area contributed by atoms with Crippen LogP contribution in [0.4, 0.5) is 0 Å². The first-order valence-corrected chi connectivity index (χ1v) is 7.71. The second-order valence-corrected chi connectivity index (χ2v) is 5.91. The fourth-order valence-electron chi connectivity index (χ4n) is 2.43. The van der Waals surface area contributed by atoms with Gasteiger partial charge in [0.25, 0.3) is 0 Å². The minimum atomic E-state index is 0.552. The Morgan fingerprint density at radius 3 is 2.74 bits per heavy atom. The van der Waals surface area contributed by atoms with E-state index < -0.39 is 0 Å². The van der Waals surface area contributed by atoms with Crippen LogP contribution in [0.1, 0.15) is 44.6 Å². The summed E-state index contributed by atoms with van der Waals surface area (Å²) in [6.45, 7) is 7.41. The van der Waals surface area contributed by atoms with Gasteiger partial charge < -0.3 is 10.1 Å². The van der Waals surface area contributed by atoms with Crippen LogP contribution in [0.3, 0.4) is 0 Å². The third kappa shape index (κ3) is 4.12. The SMILES string of the molecule is CC[C@H](C)c1ccc(OCC2CCNCC2)c(Cl)c1. The number of piperidine rings is 1. The van der Waals surface area contributed by atoms with Crippen molar-refractivity contribution in [1.82, 2.24) is 5.32 Å². The predicted octanol–water partition coefficient (Wildman–Crippen LogP) is 4.23. The first kappa shape index (κ1) is 14.7. The zero-order valence-corrected chi connectivity index (χ0v) is 12.7. The van der Waals surface area contributed by atoms with E-state index in [2.05, 4.69) is 25.2 Å². The number of ether oxygens (including phenoxy) is 1. The van der Waals surface area contributed by atoms with E-state index in [-0.39, 0.29) is 0 Å². The lowest BCUT2D eigenvalue weighted by molar-refractivity contribution is 0.215. The highest BCUT2D eigenvalue weighted by Gasteiger charge is 2.14. The predicted molar refractivity (Wildman–Crippen MR) is 81.2 cm³/mol. The summed E-state index contributed by atoms with van der Waals surface area (Å²) in [6, 6.07) is 6.20. The van der Waals surface area contributed by atoms with Gasteiger partial charge in [-0.25, -0.2) is 0 Å². The Labute approximate surface area is 121 Å². The van der Waals surface area contributed by atoms with Crippen molar-refractivity contribution in [3.05, 3.63) is 28.8 Å². The summed E-state index contributed by atoms with van der Waals surface area (Å²) in [6.07, 6.45) is 3.52. The highest BCUT2D eigenvalue weighted by Crippen LogP contribution is 2.30. The molecule has 1 aromatic carbocycles. The lowest BCUT2D eigenvalue weighted by Crippen LogP contribution is -2.30. The third-order valence-electron chi connectivity index (χ3n) is 4.07. The summed E-state index contributed by atoms with van der Waals surface area (Å²) in [5.74, 6) is 2.04. The van der Waals surface area contributed by atoms with Crippen molar-refractivity contribution in [3.8, 4) is 5.75 Å². The molecule has 0 spiro atoms. The van der Waals surface area contributed by atoms with Crippen LogP contribution in [-0.2, 0) is 0 Å². The molecular formula is C16H24ClNO. The molecule has 106 valence electrons. The Kier molecular flexibility index (Phi) is 5.53. The standard InChI is InChI=1S/C16H24ClNO/c1-3-12(2)14-4-5-16(15(17)10-14)19-11-13-6-8-18-9-7-13/h4-5,10,12-13,18H,3,6-9,11H2,1-2H3/t12-/m0/s1. The highest BCUT2D eigenvalue weighted by atomic mass is 35.5. The van der Waals surface area contributed by atoms with Crippen molar-refractivity contribution in [2.45, 2.75) is 39.0 Å². The Balaban J connectivity index is 1.93. The van der Waals surface area contributed by atoms with Gasteiger partial charge in [0, 0.05) is 0 Å². The first-order chi connectivity index (χ1) is 9.20. The molecule has 0 unspecified atom stereocenters. The maximum absolute atomic E-state index is 6.31. The normalized spacial score (nSPS) is 18.3. The zero-order chi connectivity index (χ0) is 13.7. The van der Waals surface area contributed by atoms with Gasteiger partial charge in [-0.1, -0.05) is 31.5 Å². The Morgan fingerprint density at radius 2 is 2.11 bits per heavy atom. The first-order valence-electron chi connectivity index (χ1n) is 7.33. The highest BCUT2D eigenvalue weighted by molar-refractivity contribution is 6.32. The largest absolute Gasteiger partial charge is 0.492 e. The van der Waals surface area contributed by atoms with Gasteiger partial charge in [0.15, 0.2) is 0 Å². The molecule has 2 nitrogen and oxygen atoms in total. The lowest BCUT2D eigenvalue weighted by Gasteiger charge is -2.23. The molecule has 0 bridgehead atoms. The van der Waals surface area contributed by atoms with Crippen LogP contribution in [0.25, 0.3) is 0 Å². The second-order valence-electron chi connectivity index (χ2n) is 5.50. The quantitative estimate of drug-likeness (QED) is 0.872. The second kappa shape index (κ2) is 7.16. The van der Waals surface area contributed by atoms with Crippen molar-refractivity contribution >= 4 is 11.6 Å². The van der Waals surface area contributed by atoms with Gasteiger partial charge in [-0.3, -0.25) is 0 Å². The molecule has 3 heteroatoms. The Morgan fingerprint density at radius 1 is 1.37 bits per heavy atom. The fourth-order valence-corrected chi connectivity index (χ4v) is 2.68. The minimum Gasteiger partial charge on any atom is -0.492 e. The molecule has 1 heterocycles. The smallest absolute Gasteiger partial charge is 0.137 e. The van der Waals surface area contributed by atoms with Crippen LogP contribution in [0, 0.1) is 5.92 Å². The molecule has 19 heavy (non-hydrogen) atoms. The molecule has 1 saturated heterocycles. The number of hydrogen-bond acceptors (Lipinski definition) is 2. The maximum Gasteiger partial charge on any atom is 0.137 e. The molecule has 1 N–H and O–H groups in total. The van der Waals surface area contributed by atoms with Crippen LogP contribution in [-0.4, -0.2) is 19.7 Å². The van der Waals surface area contributed by atoms with Crippen LogP contribution < -0.4 is 10.1 Å². The summed E-state index contributed by atoms with van der Waals surface area (Å²) in [4.78, 5) is 0. The van der Waals surface area contributed by atoms with Crippen molar-refractivity contribution in [1.29, 1.82) is 0 Å². The Bertz CT molecular complexity index is 402. The van der Waals surface area contributed by atoms with Crippen LogP contribution in [0.5, 0.6) is 5.75 Å². The van der Waals surface area contributed by atoms with Gasteiger partial charge in [-0.2, -0.15) is 0 Å². The van der Waals surface area contributed by atoms with Crippen LogP contribution in [0.2, 0.25) is 5.02 Å².